The summed E-state index contributed by atoms with van der Waals surface area (Å²) in [5, 5.41) is 2.74. The highest BCUT2D eigenvalue weighted by atomic mass is 16.5. The van der Waals surface area contributed by atoms with Crippen LogP contribution in [0.25, 0.3) is 0 Å². The summed E-state index contributed by atoms with van der Waals surface area (Å²) in [5.74, 6) is -0.969. The SMILES string of the molecule is CCCOc1ccc(N2C[C@@H](C(=O)OCC(=O)Nc3ccc(C)cc3C)CC2=O)cc1. The summed E-state index contributed by atoms with van der Waals surface area (Å²) in [6.07, 6.45) is 0.977. The molecular weight excluding hydrogens is 396 g/mol. The first-order valence-corrected chi connectivity index (χ1v) is 10.4. The average Bonchev–Trinajstić information content (AvgIpc) is 3.14. The molecule has 2 amide bonds. The van der Waals surface area contributed by atoms with Gasteiger partial charge in [0.2, 0.25) is 5.91 Å². The number of nitrogens with one attached hydrogen (secondary N) is 1. The van der Waals surface area contributed by atoms with Gasteiger partial charge < -0.3 is 19.7 Å². The molecule has 0 saturated carbocycles. The number of nitrogens with zero attached hydrogens (tertiary/aromatic N) is 1. The van der Waals surface area contributed by atoms with Crippen LogP contribution in [-0.4, -0.2) is 37.5 Å². The Bertz CT molecular complexity index is 955. The Balaban J connectivity index is 1.51. The lowest BCUT2D eigenvalue weighted by Gasteiger charge is -2.17. The average molecular weight is 424 g/mol. The van der Waals surface area contributed by atoms with Crippen LogP contribution >= 0.6 is 0 Å². The zero-order valence-electron chi connectivity index (χ0n) is 18.1. The summed E-state index contributed by atoms with van der Waals surface area (Å²) in [6.45, 7) is 6.37. The Kier molecular flexibility index (Phi) is 7.28. The number of ether oxygens (including phenoxy) is 2. The summed E-state index contributed by atoms with van der Waals surface area (Å²) in [5.41, 5.74) is 3.42. The predicted molar refractivity (Wildman–Crippen MR) is 118 cm³/mol. The van der Waals surface area contributed by atoms with E-state index in [0.29, 0.717) is 18.0 Å². The van der Waals surface area contributed by atoms with Crippen molar-refractivity contribution in [2.75, 3.05) is 30.0 Å². The van der Waals surface area contributed by atoms with Gasteiger partial charge in [-0.1, -0.05) is 24.6 Å². The summed E-state index contributed by atoms with van der Waals surface area (Å²) in [7, 11) is 0. The molecule has 0 bridgehead atoms. The Hall–Kier alpha value is -3.35. The van der Waals surface area contributed by atoms with Gasteiger partial charge in [0.1, 0.15) is 5.75 Å². The van der Waals surface area contributed by atoms with Crippen LogP contribution in [0.15, 0.2) is 42.5 Å². The van der Waals surface area contributed by atoms with Crippen LogP contribution < -0.4 is 15.0 Å². The molecule has 1 heterocycles. The van der Waals surface area contributed by atoms with Crippen LogP contribution in [0.3, 0.4) is 0 Å². The van der Waals surface area contributed by atoms with Gasteiger partial charge in [0, 0.05) is 24.3 Å². The van der Waals surface area contributed by atoms with Crippen molar-refractivity contribution in [3.8, 4) is 5.75 Å². The van der Waals surface area contributed by atoms with E-state index in [9.17, 15) is 14.4 Å². The first kappa shape index (κ1) is 22.3. The Morgan fingerprint density at radius 3 is 2.55 bits per heavy atom. The first-order chi connectivity index (χ1) is 14.9. The second kappa shape index (κ2) is 10.1. The molecule has 1 atom stereocenters. The molecule has 0 unspecified atom stereocenters. The molecule has 1 aliphatic heterocycles. The molecule has 0 aliphatic carbocycles. The van der Waals surface area contributed by atoms with Gasteiger partial charge in [0.15, 0.2) is 6.61 Å². The zero-order valence-corrected chi connectivity index (χ0v) is 18.1. The highest BCUT2D eigenvalue weighted by molar-refractivity contribution is 6.00. The van der Waals surface area contributed by atoms with E-state index in [2.05, 4.69) is 5.32 Å². The molecule has 164 valence electrons. The van der Waals surface area contributed by atoms with Gasteiger partial charge in [0.05, 0.1) is 12.5 Å². The molecule has 3 rings (SSSR count). The van der Waals surface area contributed by atoms with Crippen LogP contribution in [-0.2, 0) is 19.1 Å². The smallest absolute Gasteiger partial charge is 0.311 e. The van der Waals surface area contributed by atoms with Crippen molar-refractivity contribution in [1.82, 2.24) is 0 Å². The number of hydrogen-bond donors (Lipinski definition) is 1. The van der Waals surface area contributed by atoms with E-state index in [1.54, 1.807) is 29.2 Å². The molecule has 7 nitrogen and oxygen atoms in total. The van der Waals surface area contributed by atoms with Gasteiger partial charge in [-0.25, -0.2) is 0 Å². The molecule has 0 spiro atoms. The third-order valence-electron chi connectivity index (χ3n) is 5.08. The first-order valence-electron chi connectivity index (χ1n) is 10.4. The number of benzene rings is 2. The van der Waals surface area contributed by atoms with Crippen LogP contribution in [0.2, 0.25) is 0 Å². The Labute approximate surface area is 182 Å². The highest BCUT2D eigenvalue weighted by Gasteiger charge is 2.36. The molecule has 1 aliphatic rings. The third-order valence-corrected chi connectivity index (χ3v) is 5.08. The van der Waals surface area contributed by atoms with E-state index >= 15 is 0 Å². The second-order valence-electron chi connectivity index (χ2n) is 7.72. The maximum Gasteiger partial charge on any atom is 0.311 e. The molecule has 1 N–H and O–H groups in total. The quantitative estimate of drug-likeness (QED) is 0.654. The number of hydrogen-bond acceptors (Lipinski definition) is 5. The van der Waals surface area contributed by atoms with Gasteiger partial charge >= 0.3 is 5.97 Å². The van der Waals surface area contributed by atoms with Crippen molar-refractivity contribution in [1.29, 1.82) is 0 Å². The number of aryl methyl sites for hydroxylation is 2. The number of carbonyl (C=O) groups excluding carboxylic acids is 3. The molecule has 1 saturated heterocycles. The van der Waals surface area contributed by atoms with Crippen molar-refractivity contribution in [2.24, 2.45) is 5.92 Å². The van der Waals surface area contributed by atoms with E-state index in [-0.39, 0.29) is 25.5 Å². The molecule has 0 aromatic heterocycles. The van der Waals surface area contributed by atoms with Crippen molar-refractivity contribution in [3.63, 3.8) is 0 Å². The van der Waals surface area contributed by atoms with E-state index in [1.165, 1.54) is 0 Å². The molecule has 7 heteroatoms. The minimum Gasteiger partial charge on any atom is -0.494 e. The van der Waals surface area contributed by atoms with Crippen molar-refractivity contribution in [3.05, 3.63) is 53.6 Å². The monoisotopic (exact) mass is 424 g/mol. The summed E-state index contributed by atoms with van der Waals surface area (Å²) in [4.78, 5) is 38.5. The molecule has 1 fully saturated rings. The van der Waals surface area contributed by atoms with Crippen molar-refractivity contribution < 1.29 is 23.9 Å². The number of anilines is 2. The Morgan fingerprint density at radius 2 is 1.87 bits per heavy atom. The van der Waals surface area contributed by atoms with Gasteiger partial charge in [-0.05, 0) is 56.2 Å². The topological polar surface area (TPSA) is 84.9 Å². The van der Waals surface area contributed by atoms with Crippen LogP contribution in [0, 0.1) is 19.8 Å². The predicted octanol–water partition coefficient (Wildman–Crippen LogP) is 3.63. The van der Waals surface area contributed by atoms with Crippen molar-refractivity contribution in [2.45, 2.75) is 33.6 Å². The maximum absolute atomic E-state index is 12.4. The van der Waals surface area contributed by atoms with E-state index < -0.39 is 17.8 Å². The van der Waals surface area contributed by atoms with Crippen LogP contribution in [0.1, 0.15) is 30.9 Å². The van der Waals surface area contributed by atoms with Crippen LogP contribution in [0.4, 0.5) is 11.4 Å². The van der Waals surface area contributed by atoms with E-state index in [0.717, 1.165) is 23.3 Å². The second-order valence-corrected chi connectivity index (χ2v) is 7.72. The number of carbonyl (C=O) groups is 3. The van der Waals surface area contributed by atoms with E-state index in [1.807, 2.05) is 39.0 Å². The molecular formula is C24H28N2O5. The molecule has 0 radical (unpaired) electrons. The normalized spacial score (nSPS) is 15.6. The molecule has 31 heavy (non-hydrogen) atoms. The summed E-state index contributed by atoms with van der Waals surface area (Å²) >= 11 is 0. The van der Waals surface area contributed by atoms with E-state index in [4.69, 9.17) is 9.47 Å². The lowest BCUT2D eigenvalue weighted by molar-refractivity contribution is -0.151. The Morgan fingerprint density at radius 1 is 1.13 bits per heavy atom. The van der Waals surface area contributed by atoms with Gasteiger partial charge in [0.25, 0.3) is 5.91 Å². The van der Waals surface area contributed by atoms with Gasteiger partial charge in [-0.15, -0.1) is 0 Å². The fourth-order valence-electron chi connectivity index (χ4n) is 3.45. The minimum absolute atomic E-state index is 0.0611. The summed E-state index contributed by atoms with van der Waals surface area (Å²) < 4.78 is 10.7. The number of amides is 2. The third kappa shape index (κ3) is 5.84. The van der Waals surface area contributed by atoms with Crippen molar-refractivity contribution >= 4 is 29.2 Å². The maximum atomic E-state index is 12.4. The fourth-order valence-corrected chi connectivity index (χ4v) is 3.45. The largest absolute Gasteiger partial charge is 0.494 e. The molecule has 2 aromatic carbocycles. The van der Waals surface area contributed by atoms with Crippen LogP contribution in [0.5, 0.6) is 5.75 Å². The lowest BCUT2D eigenvalue weighted by atomic mass is 10.1. The number of rotatable bonds is 8. The van der Waals surface area contributed by atoms with Gasteiger partial charge in [-0.3, -0.25) is 14.4 Å². The number of esters is 1. The highest BCUT2D eigenvalue weighted by Crippen LogP contribution is 2.27. The summed E-state index contributed by atoms with van der Waals surface area (Å²) in [6, 6.07) is 12.9. The van der Waals surface area contributed by atoms with Gasteiger partial charge in [-0.2, -0.15) is 0 Å². The fraction of sp³-hybridized carbons (Fsp3) is 0.375. The minimum atomic E-state index is -0.600. The zero-order chi connectivity index (χ0) is 22.4. The lowest BCUT2D eigenvalue weighted by Crippen LogP contribution is -2.28. The standard InChI is InChI=1S/C24H28N2O5/c1-4-11-30-20-8-6-19(7-9-20)26-14-18(13-23(26)28)24(29)31-15-22(27)25-21-10-5-16(2)12-17(21)3/h5-10,12,18H,4,11,13-15H2,1-3H3,(H,25,27)/t18-/m0/s1. The molecule has 2 aromatic rings.